The third-order valence-electron chi connectivity index (χ3n) is 5.08. The summed E-state index contributed by atoms with van der Waals surface area (Å²) in [5.41, 5.74) is 3.23. The molecule has 1 aliphatic rings. The number of pyridine rings is 1. The molecule has 1 aromatic carbocycles. The Labute approximate surface area is 193 Å². The molecule has 1 saturated heterocycles. The molecule has 1 aliphatic heterocycles. The first-order valence-electron chi connectivity index (χ1n) is 9.73. The van der Waals surface area contributed by atoms with E-state index in [0.29, 0.717) is 21.4 Å². The minimum absolute atomic E-state index is 0.241. The summed E-state index contributed by atoms with van der Waals surface area (Å²) >= 11 is 14.3. The molecule has 0 spiro atoms. The third-order valence-corrected chi connectivity index (χ3v) is 6.67. The van der Waals surface area contributed by atoms with Crippen molar-refractivity contribution in [3.8, 4) is 17.0 Å². The Morgan fingerprint density at radius 2 is 1.77 bits per heavy atom. The second-order valence-electron chi connectivity index (χ2n) is 7.02. The number of halogens is 2. The summed E-state index contributed by atoms with van der Waals surface area (Å²) in [6.07, 6.45) is 6.75. The Bertz CT molecular complexity index is 1190. The van der Waals surface area contributed by atoms with Crippen molar-refractivity contribution in [3.05, 3.63) is 58.6 Å². The van der Waals surface area contributed by atoms with Gasteiger partial charge in [-0.3, -0.25) is 10.1 Å². The summed E-state index contributed by atoms with van der Waals surface area (Å²) in [6, 6.07) is 5.74. The van der Waals surface area contributed by atoms with Crippen molar-refractivity contribution in [2.24, 2.45) is 0 Å². The Morgan fingerprint density at radius 1 is 1.03 bits per heavy atom. The quantitative estimate of drug-likeness (QED) is 0.444. The molecule has 0 atom stereocenters. The van der Waals surface area contributed by atoms with Crippen LogP contribution in [0.4, 0.5) is 5.95 Å². The maximum absolute atomic E-state index is 6.19. The lowest BCUT2D eigenvalue weighted by Gasteiger charge is -2.26. The van der Waals surface area contributed by atoms with E-state index < -0.39 is 0 Å². The van der Waals surface area contributed by atoms with Gasteiger partial charge in [-0.25, -0.2) is 9.97 Å². The minimum Gasteiger partial charge on any atom is -0.489 e. The van der Waals surface area contributed by atoms with Crippen molar-refractivity contribution in [2.45, 2.75) is 6.61 Å². The molecule has 4 aromatic rings. The highest BCUT2D eigenvalue weighted by Gasteiger charge is 2.15. The molecule has 1 fully saturated rings. The van der Waals surface area contributed by atoms with Crippen molar-refractivity contribution >= 4 is 51.8 Å². The zero-order valence-electron chi connectivity index (χ0n) is 16.4. The normalized spacial score (nSPS) is 14.2. The second-order valence-corrected chi connectivity index (χ2v) is 9.06. The van der Waals surface area contributed by atoms with E-state index >= 15 is 0 Å². The highest BCUT2D eigenvalue weighted by molar-refractivity contribution is 7.99. The van der Waals surface area contributed by atoms with Crippen LogP contribution in [-0.4, -0.2) is 49.7 Å². The number of hydrogen-bond donors (Lipinski definition) is 1. The first-order chi connectivity index (χ1) is 15.2. The van der Waals surface area contributed by atoms with Gasteiger partial charge in [0.05, 0.1) is 15.6 Å². The summed E-state index contributed by atoms with van der Waals surface area (Å²) in [7, 11) is 0. The van der Waals surface area contributed by atoms with Crippen LogP contribution >= 0.6 is 35.0 Å². The monoisotopic (exact) mass is 472 g/mol. The average molecular weight is 473 g/mol. The highest BCUT2D eigenvalue weighted by atomic mass is 35.5. The van der Waals surface area contributed by atoms with Crippen LogP contribution in [0.15, 0.2) is 43.0 Å². The Hall–Kier alpha value is -2.55. The lowest BCUT2D eigenvalue weighted by atomic mass is 10.1. The van der Waals surface area contributed by atoms with E-state index in [1.165, 1.54) is 0 Å². The van der Waals surface area contributed by atoms with Gasteiger partial charge in [-0.05, 0) is 18.2 Å². The fourth-order valence-electron chi connectivity index (χ4n) is 3.40. The van der Waals surface area contributed by atoms with Crippen molar-refractivity contribution in [2.75, 3.05) is 29.5 Å². The van der Waals surface area contributed by atoms with Gasteiger partial charge in [-0.2, -0.15) is 16.9 Å². The topological polar surface area (TPSA) is 79.8 Å². The van der Waals surface area contributed by atoms with Gasteiger partial charge in [0.15, 0.2) is 0 Å². The number of aromatic nitrogens is 5. The molecule has 158 valence electrons. The van der Waals surface area contributed by atoms with Gasteiger partial charge in [-0.15, -0.1) is 0 Å². The first kappa shape index (κ1) is 20.4. The fraction of sp³-hybridized carbons (Fsp3) is 0.238. The third kappa shape index (κ3) is 4.28. The van der Waals surface area contributed by atoms with Crippen LogP contribution in [0.1, 0.15) is 5.56 Å². The Kier molecular flexibility index (Phi) is 5.85. The number of anilines is 1. The van der Waals surface area contributed by atoms with Crippen molar-refractivity contribution in [1.82, 2.24) is 25.1 Å². The molecule has 0 radical (unpaired) electrons. The van der Waals surface area contributed by atoms with Crippen LogP contribution in [0.5, 0.6) is 5.75 Å². The zero-order valence-corrected chi connectivity index (χ0v) is 18.7. The number of fused-ring (bicyclic) bond motifs is 1. The van der Waals surface area contributed by atoms with E-state index in [2.05, 4.69) is 30.0 Å². The number of benzene rings is 1. The number of hydrogen-bond acceptors (Lipinski definition) is 7. The molecule has 0 saturated carbocycles. The van der Waals surface area contributed by atoms with Gasteiger partial charge in [0.25, 0.3) is 0 Å². The molecule has 0 amide bonds. The summed E-state index contributed by atoms with van der Waals surface area (Å²) in [6.45, 7) is 2.19. The minimum atomic E-state index is 0.241. The van der Waals surface area contributed by atoms with Crippen LogP contribution in [0, 0.1) is 0 Å². The molecule has 31 heavy (non-hydrogen) atoms. The molecule has 0 unspecified atom stereocenters. The maximum Gasteiger partial charge on any atom is 0.225 e. The smallest absolute Gasteiger partial charge is 0.225 e. The van der Waals surface area contributed by atoms with Crippen LogP contribution in [0.3, 0.4) is 0 Å². The number of rotatable bonds is 5. The van der Waals surface area contributed by atoms with Gasteiger partial charge in [0.2, 0.25) is 5.95 Å². The van der Waals surface area contributed by atoms with Crippen LogP contribution in [0.2, 0.25) is 10.0 Å². The molecule has 3 aromatic heterocycles. The average Bonchev–Trinajstić information content (AvgIpc) is 3.23. The standard InChI is InChI=1S/C21H18Cl2N6OS/c22-17-10-24-11-18(23)16(17)12-30-14-1-2-19-15(7-14)20(28-27-19)13-8-25-21(26-9-13)29-3-5-31-6-4-29/h1-2,7-11H,3-6,12H2,(H,27,28). The highest BCUT2D eigenvalue weighted by Crippen LogP contribution is 2.30. The number of nitrogens with zero attached hydrogens (tertiary/aromatic N) is 5. The number of aromatic amines is 1. The summed E-state index contributed by atoms with van der Waals surface area (Å²) in [4.78, 5) is 15.3. The Morgan fingerprint density at radius 3 is 2.52 bits per heavy atom. The predicted octanol–water partition coefficient (Wildman–Crippen LogP) is 4.85. The summed E-state index contributed by atoms with van der Waals surface area (Å²) in [5.74, 6) is 3.66. The number of ether oxygens (including phenoxy) is 1. The van der Waals surface area contributed by atoms with Crippen LogP contribution in [0.25, 0.3) is 22.2 Å². The molecule has 10 heteroatoms. The van der Waals surface area contributed by atoms with Gasteiger partial charge >= 0.3 is 0 Å². The largest absolute Gasteiger partial charge is 0.489 e. The molecular formula is C21H18Cl2N6OS. The van der Waals surface area contributed by atoms with E-state index in [1.54, 1.807) is 12.4 Å². The van der Waals surface area contributed by atoms with E-state index in [0.717, 1.165) is 52.7 Å². The summed E-state index contributed by atoms with van der Waals surface area (Å²) in [5, 5.41) is 9.40. The van der Waals surface area contributed by atoms with E-state index in [4.69, 9.17) is 27.9 Å². The number of H-pyrrole nitrogens is 1. The molecule has 0 bridgehead atoms. The van der Waals surface area contributed by atoms with Gasteiger partial charge in [0.1, 0.15) is 18.1 Å². The second kappa shape index (κ2) is 8.90. The van der Waals surface area contributed by atoms with Gasteiger partial charge < -0.3 is 9.64 Å². The lowest BCUT2D eigenvalue weighted by molar-refractivity contribution is 0.306. The Balaban J connectivity index is 1.39. The lowest BCUT2D eigenvalue weighted by Crippen LogP contribution is -2.33. The first-order valence-corrected chi connectivity index (χ1v) is 11.6. The zero-order chi connectivity index (χ0) is 21.2. The molecule has 5 rings (SSSR count). The van der Waals surface area contributed by atoms with Crippen molar-refractivity contribution < 1.29 is 4.74 Å². The van der Waals surface area contributed by atoms with E-state index in [1.807, 2.05) is 42.4 Å². The van der Waals surface area contributed by atoms with Crippen LogP contribution in [-0.2, 0) is 6.61 Å². The van der Waals surface area contributed by atoms with Crippen molar-refractivity contribution in [1.29, 1.82) is 0 Å². The number of thioether (sulfide) groups is 1. The molecule has 4 heterocycles. The fourth-order valence-corrected chi connectivity index (χ4v) is 4.78. The molecule has 1 N–H and O–H groups in total. The predicted molar refractivity (Wildman–Crippen MR) is 125 cm³/mol. The van der Waals surface area contributed by atoms with Gasteiger partial charge in [0, 0.05) is 65.9 Å². The van der Waals surface area contributed by atoms with E-state index in [-0.39, 0.29) is 6.61 Å². The van der Waals surface area contributed by atoms with Crippen LogP contribution < -0.4 is 9.64 Å². The molecule has 0 aliphatic carbocycles. The number of nitrogens with one attached hydrogen (secondary N) is 1. The maximum atomic E-state index is 6.19. The van der Waals surface area contributed by atoms with Gasteiger partial charge in [-0.1, -0.05) is 23.2 Å². The molecular weight excluding hydrogens is 455 g/mol. The van der Waals surface area contributed by atoms with E-state index in [9.17, 15) is 0 Å². The molecule has 7 nitrogen and oxygen atoms in total. The van der Waals surface area contributed by atoms with Crippen molar-refractivity contribution in [3.63, 3.8) is 0 Å². The SMILES string of the molecule is Clc1cncc(Cl)c1COc1ccc2[nH]nc(-c3cnc(N4CCSCC4)nc3)c2c1. The summed E-state index contributed by atoms with van der Waals surface area (Å²) < 4.78 is 5.94.